The maximum Gasteiger partial charge on any atom is 0.266 e. The molecule has 1 aromatic rings. The van der Waals surface area contributed by atoms with E-state index in [2.05, 4.69) is 6.92 Å². The summed E-state index contributed by atoms with van der Waals surface area (Å²) in [5.74, 6) is 0.609. The number of likely N-dealkylation sites (tertiary alicyclic amines) is 1. The van der Waals surface area contributed by atoms with Crippen LogP contribution in [-0.4, -0.2) is 41.2 Å². The summed E-state index contributed by atoms with van der Waals surface area (Å²) < 4.78 is 5.88. The van der Waals surface area contributed by atoms with Gasteiger partial charge in [-0.1, -0.05) is 18.5 Å². The maximum absolute atomic E-state index is 12.8. The van der Waals surface area contributed by atoms with Crippen LogP contribution in [0.1, 0.15) is 40.0 Å². The average Bonchev–Trinajstić information content (AvgIpc) is 2.56. The van der Waals surface area contributed by atoms with E-state index in [0.717, 1.165) is 19.3 Å². The predicted octanol–water partition coefficient (Wildman–Crippen LogP) is 3.51. The zero-order valence-corrected chi connectivity index (χ0v) is 14.9. The molecule has 0 atom stereocenters. The quantitative estimate of drug-likeness (QED) is 0.893. The van der Waals surface area contributed by atoms with E-state index in [-0.39, 0.29) is 17.9 Å². The van der Waals surface area contributed by atoms with Crippen LogP contribution < -0.4 is 4.74 Å². The number of carbonyl (C=O) groups is 1. The molecular weight excluding hydrogens is 314 g/mol. The van der Waals surface area contributed by atoms with Gasteiger partial charge in [-0.05, 0) is 62.8 Å². The summed E-state index contributed by atoms with van der Waals surface area (Å²) in [5.41, 5.74) is -0.961. The summed E-state index contributed by atoms with van der Waals surface area (Å²) in [4.78, 5) is 14.6. The van der Waals surface area contributed by atoms with Crippen LogP contribution in [0.3, 0.4) is 0 Å². The van der Waals surface area contributed by atoms with Gasteiger partial charge in [0.2, 0.25) is 0 Å². The summed E-state index contributed by atoms with van der Waals surface area (Å²) in [6.45, 7) is 7.20. The number of piperidine rings is 1. The van der Waals surface area contributed by atoms with Gasteiger partial charge in [0.15, 0.2) is 5.60 Å². The highest BCUT2D eigenvalue weighted by atomic mass is 35.5. The first-order valence-electron chi connectivity index (χ1n) is 8.17. The van der Waals surface area contributed by atoms with Crippen molar-refractivity contribution in [1.82, 2.24) is 4.90 Å². The molecule has 1 aliphatic heterocycles. The molecule has 0 aliphatic carbocycles. The van der Waals surface area contributed by atoms with Gasteiger partial charge >= 0.3 is 0 Å². The van der Waals surface area contributed by atoms with E-state index in [1.165, 1.54) is 0 Å². The van der Waals surface area contributed by atoms with Gasteiger partial charge < -0.3 is 14.7 Å². The van der Waals surface area contributed by atoms with Gasteiger partial charge in [-0.15, -0.1) is 0 Å². The molecule has 1 aliphatic rings. The molecule has 1 fully saturated rings. The Hall–Kier alpha value is -1.26. The Balaban J connectivity index is 2.00. The standard InChI is InChI=1S/C18H26ClNO3/c1-4-18(13-21)9-11-20(12-10-18)16(22)17(2,3)23-15-7-5-14(19)6-8-15/h5-8,21H,4,9-13H2,1-3H3. The van der Waals surface area contributed by atoms with E-state index in [4.69, 9.17) is 16.3 Å². The Morgan fingerprint density at radius 3 is 2.35 bits per heavy atom. The molecule has 1 N–H and O–H groups in total. The number of carbonyl (C=O) groups excluding carboxylic acids is 1. The number of benzene rings is 1. The Morgan fingerprint density at radius 2 is 1.87 bits per heavy atom. The molecule has 2 rings (SSSR count). The van der Waals surface area contributed by atoms with Crippen LogP contribution in [0.5, 0.6) is 5.75 Å². The maximum atomic E-state index is 12.8. The third-order valence-corrected chi connectivity index (χ3v) is 5.15. The Kier molecular flexibility index (Phi) is 5.58. The molecule has 0 aromatic heterocycles. The van der Waals surface area contributed by atoms with E-state index >= 15 is 0 Å². The molecular formula is C18H26ClNO3. The Labute approximate surface area is 143 Å². The van der Waals surface area contributed by atoms with Crippen molar-refractivity contribution in [2.45, 2.75) is 45.6 Å². The molecule has 0 saturated carbocycles. The van der Waals surface area contributed by atoms with Gasteiger partial charge in [-0.25, -0.2) is 0 Å². The van der Waals surface area contributed by atoms with Crippen molar-refractivity contribution in [3.63, 3.8) is 0 Å². The molecule has 4 nitrogen and oxygen atoms in total. The Morgan fingerprint density at radius 1 is 1.30 bits per heavy atom. The number of ether oxygens (including phenoxy) is 1. The lowest BCUT2D eigenvalue weighted by molar-refractivity contribution is -0.148. The van der Waals surface area contributed by atoms with Crippen LogP contribution in [-0.2, 0) is 4.79 Å². The summed E-state index contributed by atoms with van der Waals surface area (Å²) in [6.07, 6.45) is 2.61. The smallest absolute Gasteiger partial charge is 0.266 e. The molecule has 0 spiro atoms. The van der Waals surface area contributed by atoms with Crippen molar-refractivity contribution < 1.29 is 14.6 Å². The summed E-state index contributed by atoms with van der Waals surface area (Å²) in [6, 6.07) is 7.02. The zero-order valence-electron chi connectivity index (χ0n) is 14.1. The third-order valence-electron chi connectivity index (χ3n) is 4.90. The van der Waals surface area contributed by atoms with E-state index < -0.39 is 5.60 Å². The van der Waals surface area contributed by atoms with Crippen molar-refractivity contribution in [2.24, 2.45) is 5.41 Å². The first-order valence-corrected chi connectivity index (χ1v) is 8.54. The molecule has 23 heavy (non-hydrogen) atoms. The largest absolute Gasteiger partial charge is 0.478 e. The summed E-state index contributed by atoms with van der Waals surface area (Å²) >= 11 is 5.87. The van der Waals surface area contributed by atoms with Gasteiger partial charge in [-0.2, -0.15) is 0 Å². The number of nitrogens with zero attached hydrogens (tertiary/aromatic N) is 1. The highest BCUT2D eigenvalue weighted by Gasteiger charge is 2.39. The number of hydrogen-bond acceptors (Lipinski definition) is 3. The molecule has 1 heterocycles. The second-order valence-corrected chi connectivity index (χ2v) is 7.31. The molecule has 0 radical (unpaired) electrons. The minimum absolute atomic E-state index is 0.0184. The van der Waals surface area contributed by atoms with Crippen LogP contribution in [0, 0.1) is 5.41 Å². The molecule has 128 valence electrons. The molecule has 1 saturated heterocycles. The number of aliphatic hydroxyl groups is 1. The van der Waals surface area contributed by atoms with Crippen molar-refractivity contribution in [2.75, 3.05) is 19.7 Å². The highest BCUT2D eigenvalue weighted by molar-refractivity contribution is 6.30. The lowest BCUT2D eigenvalue weighted by atomic mass is 9.77. The molecule has 0 unspecified atom stereocenters. The summed E-state index contributed by atoms with van der Waals surface area (Å²) in [7, 11) is 0. The number of halogens is 1. The predicted molar refractivity (Wildman–Crippen MR) is 91.8 cm³/mol. The first kappa shape index (κ1) is 18.1. The van der Waals surface area contributed by atoms with Crippen molar-refractivity contribution in [3.05, 3.63) is 29.3 Å². The number of aliphatic hydroxyl groups excluding tert-OH is 1. The molecule has 1 aromatic carbocycles. The van der Waals surface area contributed by atoms with Crippen molar-refractivity contribution >= 4 is 17.5 Å². The van der Waals surface area contributed by atoms with Crippen LogP contribution in [0.15, 0.2) is 24.3 Å². The first-order chi connectivity index (χ1) is 10.8. The fourth-order valence-corrected chi connectivity index (χ4v) is 3.16. The van der Waals surface area contributed by atoms with E-state index in [1.54, 1.807) is 38.1 Å². The second-order valence-electron chi connectivity index (χ2n) is 6.87. The van der Waals surface area contributed by atoms with Crippen molar-refractivity contribution in [3.8, 4) is 5.75 Å². The molecule has 0 bridgehead atoms. The van der Waals surface area contributed by atoms with E-state index in [9.17, 15) is 9.90 Å². The van der Waals surface area contributed by atoms with E-state index in [1.807, 2.05) is 4.90 Å². The minimum Gasteiger partial charge on any atom is -0.478 e. The number of rotatable bonds is 5. The lowest BCUT2D eigenvalue weighted by Crippen LogP contribution is -2.53. The zero-order chi connectivity index (χ0) is 17.1. The van der Waals surface area contributed by atoms with Crippen LogP contribution in [0.25, 0.3) is 0 Å². The monoisotopic (exact) mass is 339 g/mol. The number of amides is 1. The van der Waals surface area contributed by atoms with Gasteiger partial charge in [0.25, 0.3) is 5.91 Å². The fraction of sp³-hybridized carbons (Fsp3) is 0.611. The van der Waals surface area contributed by atoms with Gasteiger partial charge in [0.05, 0.1) is 0 Å². The van der Waals surface area contributed by atoms with Gasteiger partial charge in [0, 0.05) is 24.7 Å². The molecule has 5 heteroatoms. The van der Waals surface area contributed by atoms with Gasteiger partial charge in [0.1, 0.15) is 5.75 Å². The van der Waals surface area contributed by atoms with E-state index in [0.29, 0.717) is 23.9 Å². The molecule has 1 amide bonds. The fourth-order valence-electron chi connectivity index (χ4n) is 3.03. The van der Waals surface area contributed by atoms with Crippen LogP contribution in [0.4, 0.5) is 0 Å². The average molecular weight is 340 g/mol. The second kappa shape index (κ2) is 7.10. The summed E-state index contributed by atoms with van der Waals surface area (Å²) in [5, 5.41) is 10.2. The lowest BCUT2D eigenvalue weighted by Gasteiger charge is -2.42. The van der Waals surface area contributed by atoms with Crippen LogP contribution >= 0.6 is 11.6 Å². The third kappa shape index (κ3) is 4.18. The minimum atomic E-state index is -0.931. The highest BCUT2D eigenvalue weighted by Crippen LogP contribution is 2.35. The van der Waals surface area contributed by atoms with Gasteiger partial charge in [-0.3, -0.25) is 4.79 Å². The van der Waals surface area contributed by atoms with Crippen molar-refractivity contribution in [1.29, 1.82) is 0 Å². The Bertz CT molecular complexity index is 528. The topological polar surface area (TPSA) is 49.8 Å². The normalized spacial score (nSPS) is 17.9. The van der Waals surface area contributed by atoms with Crippen LogP contribution in [0.2, 0.25) is 5.02 Å². The SMILES string of the molecule is CCC1(CO)CCN(C(=O)C(C)(C)Oc2ccc(Cl)cc2)CC1. The number of hydrogen-bond donors (Lipinski definition) is 1.